The summed E-state index contributed by atoms with van der Waals surface area (Å²) < 4.78 is 0. The molecule has 0 aliphatic heterocycles. The summed E-state index contributed by atoms with van der Waals surface area (Å²) in [5, 5.41) is 1.15. The van der Waals surface area contributed by atoms with Crippen molar-refractivity contribution >= 4 is 23.2 Å². The number of aromatic amines is 1. The number of H-pyrrole nitrogens is 1. The van der Waals surface area contributed by atoms with Crippen molar-refractivity contribution in [3.05, 3.63) is 40.3 Å². The van der Waals surface area contributed by atoms with Gasteiger partial charge in [-0.3, -0.25) is 0 Å². The molecule has 1 aromatic carbocycles. The van der Waals surface area contributed by atoms with Gasteiger partial charge in [-0.05, 0) is 25.0 Å². The predicted molar refractivity (Wildman–Crippen MR) is 66.0 cm³/mol. The quantitative estimate of drug-likeness (QED) is 0.850. The molecule has 2 aromatic rings. The number of hydrogen-bond donors (Lipinski definition) is 1. The molecule has 0 spiro atoms. The molecule has 3 rings (SSSR count). The van der Waals surface area contributed by atoms with Crippen molar-refractivity contribution in [3.63, 3.8) is 0 Å². The van der Waals surface area contributed by atoms with Gasteiger partial charge >= 0.3 is 0 Å². The van der Waals surface area contributed by atoms with Crippen LogP contribution in [0.1, 0.15) is 24.6 Å². The first kappa shape index (κ1) is 10.2. The van der Waals surface area contributed by atoms with E-state index in [0.29, 0.717) is 16.0 Å². The summed E-state index contributed by atoms with van der Waals surface area (Å²) in [5.74, 6) is 1.72. The van der Waals surface area contributed by atoms with Crippen molar-refractivity contribution in [1.29, 1.82) is 0 Å². The average Bonchev–Trinajstić information content (AvgIpc) is 3.01. The molecule has 1 N–H and O–H groups in total. The largest absolute Gasteiger partial charge is 0.342 e. The minimum absolute atomic E-state index is 0.571. The molecule has 82 valence electrons. The Hall–Kier alpha value is -0.990. The van der Waals surface area contributed by atoms with Crippen LogP contribution in [0.4, 0.5) is 0 Å². The molecular formula is C12H10Cl2N2. The molecule has 0 atom stereocenters. The Morgan fingerprint density at radius 2 is 2.00 bits per heavy atom. The number of rotatable bonds is 2. The minimum Gasteiger partial charge on any atom is -0.342 e. The highest BCUT2D eigenvalue weighted by Crippen LogP contribution is 2.39. The Morgan fingerprint density at radius 3 is 2.69 bits per heavy atom. The molecule has 0 bridgehead atoms. The van der Waals surface area contributed by atoms with Crippen LogP contribution < -0.4 is 0 Å². The van der Waals surface area contributed by atoms with Crippen molar-refractivity contribution in [2.24, 2.45) is 0 Å². The summed E-state index contributed by atoms with van der Waals surface area (Å²) in [7, 11) is 0. The van der Waals surface area contributed by atoms with Crippen LogP contribution in [-0.2, 0) is 0 Å². The summed E-state index contributed by atoms with van der Waals surface area (Å²) in [6, 6.07) is 5.60. The fourth-order valence-corrected chi connectivity index (χ4v) is 2.01. The van der Waals surface area contributed by atoms with Gasteiger partial charge in [-0.1, -0.05) is 29.3 Å². The van der Waals surface area contributed by atoms with Gasteiger partial charge in [0.25, 0.3) is 0 Å². The molecule has 1 fully saturated rings. The molecule has 1 heterocycles. The van der Waals surface area contributed by atoms with Crippen LogP contribution in [0.15, 0.2) is 24.4 Å². The Bertz CT molecular complexity index is 530. The molecule has 0 unspecified atom stereocenters. The third kappa shape index (κ3) is 1.83. The highest BCUT2D eigenvalue weighted by molar-refractivity contribution is 6.42. The lowest BCUT2D eigenvalue weighted by molar-refractivity contribution is 0.977. The lowest BCUT2D eigenvalue weighted by atomic mass is 10.2. The number of imidazole rings is 1. The van der Waals surface area contributed by atoms with E-state index in [-0.39, 0.29) is 0 Å². The molecule has 1 saturated carbocycles. The molecule has 1 aromatic heterocycles. The van der Waals surface area contributed by atoms with E-state index in [1.807, 2.05) is 18.3 Å². The fraction of sp³-hybridized carbons (Fsp3) is 0.250. The highest BCUT2D eigenvalue weighted by atomic mass is 35.5. The Kier molecular flexibility index (Phi) is 2.41. The zero-order valence-electron chi connectivity index (χ0n) is 8.50. The zero-order chi connectivity index (χ0) is 11.1. The monoisotopic (exact) mass is 252 g/mol. The Labute approximate surface area is 104 Å². The lowest BCUT2D eigenvalue weighted by Crippen LogP contribution is -1.82. The maximum absolute atomic E-state index is 5.98. The summed E-state index contributed by atoms with van der Waals surface area (Å²) >= 11 is 11.9. The van der Waals surface area contributed by atoms with Gasteiger partial charge in [-0.2, -0.15) is 0 Å². The van der Waals surface area contributed by atoms with Crippen LogP contribution in [0.5, 0.6) is 0 Å². The van der Waals surface area contributed by atoms with Crippen molar-refractivity contribution in [1.82, 2.24) is 9.97 Å². The number of hydrogen-bond acceptors (Lipinski definition) is 1. The van der Waals surface area contributed by atoms with Crippen molar-refractivity contribution in [3.8, 4) is 11.3 Å². The van der Waals surface area contributed by atoms with E-state index >= 15 is 0 Å². The van der Waals surface area contributed by atoms with E-state index < -0.39 is 0 Å². The van der Waals surface area contributed by atoms with Crippen molar-refractivity contribution in [2.75, 3.05) is 0 Å². The second-order valence-corrected chi connectivity index (χ2v) is 4.90. The molecule has 4 heteroatoms. The van der Waals surface area contributed by atoms with Crippen LogP contribution in [0, 0.1) is 0 Å². The Morgan fingerprint density at radius 1 is 1.19 bits per heavy atom. The van der Waals surface area contributed by atoms with E-state index in [2.05, 4.69) is 9.97 Å². The first-order valence-electron chi connectivity index (χ1n) is 5.24. The first-order chi connectivity index (χ1) is 7.74. The Balaban J connectivity index is 1.97. The molecule has 1 aliphatic rings. The van der Waals surface area contributed by atoms with Crippen molar-refractivity contribution < 1.29 is 0 Å². The van der Waals surface area contributed by atoms with Crippen LogP contribution in [0.2, 0.25) is 10.0 Å². The van der Waals surface area contributed by atoms with Gasteiger partial charge in [0, 0.05) is 11.5 Å². The number of halogens is 2. The topological polar surface area (TPSA) is 28.7 Å². The van der Waals surface area contributed by atoms with E-state index in [1.165, 1.54) is 12.8 Å². The third-order valence-corrected chi connectivity index (χ3v) is 3.53. The zero-order valence-corrected chi connectivity index (χ0v) is 10.0. The number of nitrogens with zero attached hydrogens (tertiary/aromatic N) is 1. The van der Waals surface area contributed by atoms with Crippen LogP contribution in [0.3, 0.4) is 0 Å². The molecule has 0 amide bonds. The minimum atomic E-state index is 0.571. The molecule has 16 heavy (non-hydrogen) atoms. The number of aromatic nitrogens is 2. The number of benzene rings is 1. The number of nitrogens with one attached hydrogen (secondary N) is 1. The molecule has 1 aliphatic carbocycles. The summed E-state index contributed by atoms with van der Waals surface area (Å²) in [4.78, 5) is 7.70. The van der Waals surface area contributed by atoms with Gasteiger partial charge in [0.1, 0.15) is 5.82 Å². The van der Waals surface area contributed by atoms with E-state index in [4.69, 9.17) is 23.2 Å². The first-order valence-corrected chi connectivity index (χ1v) is 6.00. The van der Waals surface area contributed by atoms with Gasteiger partial charge in [0.05, 0.1) is 21.9 Å². The predicted octanol–water partition coefficient (Wildman–Crippen LogP) is 4.26. The third-order valence-electron chi connectivity index (χ3n) is 2.79. The molecule has 2 nitrogen and oxygen atoms in total. The van der Waals surface area contributed by atoms with Crippen molar-refractivity contribution in [2.45, 2.75) is 18.8 Å². The maximum atomic E-state index is 5.98. The normalized spacial score (nSPS) is 15.4. The summed E-state index contributed by atoms with van der Waals surface area (Å²) in [6.45, 7) is 0. The molecule has 0 radical (unpaired) electrons. The van der Waals surface area contributed by atoms with Crippen LogP contribution in [-0.4, -0.2) is 9.97 Å². The lowest BCUT2D eigenvalue weighted by Gasteiger charge is -2.00. The summed E-state index contributed by atoms with van der Waals surface area (Å²) in [6.07, 6.45) is 4.34. The standard InChI is InChI=1S/C12H10Cl2N2/c13-9-4-3-8(5-10(9)14)11-6-15-12(16-11)7-1-2-7/h3-7H,1-2H2,(H,15,16). The maximum Gasteiger partial charge on any atom is 0.109 e. The van der Waals surface area contributed by atoms with Crippen LogP contribution >= 0.6 is 23.2 Å². The van der Waals surface area contributed by atoms with Crippen LogP contribution in [0.25, 0.3) is 11.3 Å². The summed E-state index contributed by atoms with van der Waals surface area (Å²) in [5.41, 5.74) is 2.02. The molecular weight excluding hydrogens is 243 g/mol. The van der Waals surface area contributed by atoms with E-state index in [9.17, 15) is 0 Å². The second-order valence-electron chi connectivity index (χ2n) is 4.09. The molecule has 0 saturated heterocycles. The van der Waals surface area contributed by atoms with Gasteiger partial charge < -0.3 is 4.98 Å². The smallest absolute Gasteiger partial charge is 0.109 e. The van der Waals surface area contributed by atoms with Gasteiger partial charge in [0.15, 0.2) is 0 Å². The fourth-order valence-electron chi connectivity index (χ4n) is 1.71. The van der Waals surface area contributed by atoms with Gasteiger partial charge in [0.2, 0.25) is 0 Å². The van der Waals surface area contributed by atoms with E-state index in [0.717, 1.165) is 17.1 Å². The van der Waals surface area contributed by atoms with Gasteiger partial charge in [-0.15, -0.1) is 0 Å². The second kappa shape index (κ2) is 3.79. The van der Waals surface area contributed by atoms with Gasteiger partial charge in [-0.25, -0.2) is 4.98 Å². The SMILES string of the molecule is Clc1ccc(-c2cnc(C3CC3)[nH]2)cc1Cl. The average molecular weight is 253 g/mol. The van der Waals surface area contributed by atoms with E-state index in [1.54, 1.807) is 6.07 Å². The highest BCUT2D eigenvalue weighted by Gasteiger charge is 2.26.